The number of aryl methyl sites for hydroxylation is 1. The number of rotatable bonds is 7. The SMILES string of the molecule is Cc1ccc(OCCN)c(C(=O)NCC2(N(C)C)CCOCC2)c1. The van der Waals surface area contributed by atoms with Crippen LogP contribution in [-0.2, 0) is 4.74 Å². The van der Waals surface area contributed by atoms with E-state index in [1.54, 1.807) is 0 Å². The zero-order valence-electron chi connectivity index (χ0n) is 14.9. The molecule has 1 aromatic carbocycles. The summed E-state index contributed by atoms with van der Waals surface area (Å²) in [6.07, 6.45) is 1.81. The summed E-state index contributed by atoms with van der Waals surface area (Å²) in [5.74, 6) is 0.466. The molecule has 6 heteroatoms. The molecule has 0 atom stereocenters. The van der Waals surface area contributed by atoms with Crippen LogP contribution in [0.1, 0.15) is 28.8 Å². The molecule has 0 saturated carbocycles. The van der Waals surface area contributed by atoms with Gasteiger partial charge >= 0.3 is 0 Å². The van der Waals surface area contributed by atoms with E-state index in [0.717, 1.165) is 31.6 Å². The molecule has 24 heavy (non-hydrogen) atoms. The smallest absolute Gasteiger partial charge is 0.255 e. The summed E-state index contributed by atoms with van der Waals surface area (Å²) in [5, 5.41) is 3.09. The van der Waals surface area contributed by atoms with Crippen molar-refractivity contribution in [1.29, 1.82) is 0 Å². The molecular formula is C18H29N3O3. The molecule has 1 saturated heterocycles. The van der Waals surface area contributed by atoms with Gasteiger partial charge in [-0.2, -0.15) is 0 Å². The van der Waals surface area contributed by atoms with E-state index in [9.17, 15) is 4.79 Å². The molecule has 134 valence electrons. The van der Waals surface area contributed by atoms with Crippen LogP contribution in [0.15, 0.2) is 18.2 Å². The largest absolute Gasteiger partial charge is 0.491 e. The second-order valence-electron chi connectivity index (χ2n) is 6.55. The van der Waals surface area contributed by atoms with Crippen LogP contribution in [0.3, 0.4) is 0 Å². The number of benzene rings is 1. The third-order valence-electron chi connectivity index (χ3n) is 4.71. The first kappa shape index (κ1) is 18.7. The van der Waals surface area contributed by atoms with Crippen LogP contribution in [0.25, 0.3) is 0 Å². The lowest BCUT2D eigenvalue weighted by Crippen LogP contribution is -2.55. The number of carbonyl (C=O) groups excluding carboxylic acids is 1. The van der Waals surface area contributed by atoms with Gasteiger partial charge in [-0.25, -0.2) is 0 Å². The lowest BCUT2D eigenvalue weighted by atomic mass is 9.88. The average molecular weight is 335 g/mol. The molecule has 3 N–H and O–H groups in total. The van der Waals surface area contributed by atoms with E-state index in [1.165, 1.54) is 0 Å². The Bertz CT molecular complexity index is 554. The van der Waals surface area contributed by atoms with Crippen molar-refractivity contribution >= 4 is 5.91 Å². The van der Waals surface area contributed by atoms with Crippen LogP contribution >= 0.6 is 0 Å². The highest BCUT2D eigenvalue weighted by Crippen LogP contribution is 2.26. The number of nitrogens with one attached hydrogen (secondary N) is 1. The van der Waals surface area contributed by atoms with Crippen molar-refractivity contribution in [2.75, 3.05) is 47.0 Å². The number of likely N-dealkylation sites (N-methyl/N-ethyl adjacent to an activating group) is 1. The molecule has 1 aliphatic heterocycles. The molecule has 1 fully saturated rings. The number of nitrogens with two attached hydrogens (primary N) is 1. The molecule has 1 amide bonds. The van der Waals surface area contributed by atoms with Gasteiger partial charge in [0.25, 0.3) is 5.91 Å². The number of amides is 1. The maximum atomic E-state index is 12.7. The molecule has 2 rings (SSSR count). The van der Waals surface area contributed by atoms with Gasteiger partial charge in [0, 0.05) is 31.8 Å². The molecule has 1 heterocycles. The van der Waals surface area contributed by atoms with E-state index in [0.29, 0.717) is 31.0 Å². The molecule has 1 aliphatic rings. The minimum Gasteiger partial charge on any atom is -0.491 e. The monoisotopic (exact) mass is 335 g/mol. The normalized spacial score (nSPS) is 16.9. The number of hydrogen-bond acceptors (Lipinski definition) is 5. The highest BCUT2D eigenvalue weighted by Gasteiger charge is 2.35. The van der Waals surface area contributed by atoms with Gasteiger partial charge in [0.1, 0.15) is 12.4 Å². The molecule has 0 aliphatic carbocycles. The third-order valence-corrected chi connectivity index (χ3v) is 4.71. The van der Waals surface area contributed by atoms with Crippen LogP contribution in [-0.4, -0.2) is 63.4 Å². The summed E-state index contributed by atoms with van der Waals surface area (Å²) in [6.45, 7) is 4.81. The summed E-state index contributed by atoms with van der Waals surface area (Å²) in [5.41, 5.74) is 7.02. The predicted octanol–water partition coefficient (Wildman–Crippen LogP) is 1.17. The second-order valence-corrected chi connectivity index (χ2v) is 6.55. The molecule has 0 aromatic heterocycles. The van der Waals surface area contributed by atoms with Crippen molar-refractivity contribution in [2.45, 2.75) is 25.3 Å². The van der Waals surface area contributed by atoms with Gasteiger partial charge in [-0.05, 0) is 46.0 Å². The predicted molar refractivity (Wildman–Crippen MR) is 94.5 cm³/mol. The summed E-state index contributed by atoms with van der Waals surface area (Å²) in [6, 6.07) is 5.62. The first-order valence-corrected chi connectivity index (χ1v) is 8.45. The van der Waals surface area contributed by atoms with Crippen LogP contribution in [0.4, 0.5) is 0 Å². The number of ether oxygens (including phenoxy) is 2. The zero-order chi connectivity index (χ0) is 17.6. The number of hydrogen-bond donors (Lipinski definition) is 2. The molecule has 1 aromatic rings. The number of nitrogens with zero attached hydrogens (tertiary/aromatic N) is 1. The molecule has 0 spiro atoms. The standard InChI is InChI=1S/C18H29N3O3/c1-14-4-5-16(24-11-8-19)15(12-14)17(22)20-13-18(21(2)3)6-9-23-10-7-18/h4-5,12H,6-11,13,19H2,1-3H3,(H,20,22). The lowest BCUT2D eigenvalue weighted by Gasteiger charge is -2.42. The highest BCUT2D eigenvalue weighted by atomic mass is 16.5. The van der Waals surface area contributed by atoms with Crippen molar-refractivity contribution in [2.24, 2.45) is 5.73 Å². The van der Waals surface area contributed by atoms with E-state index < -0.39 is 0 Å². The Kier molecular flexibility index (Phi) is 6.60. The average Bonchev–Trinajstić information content (AvgIpc) is 2.59. The molecule has 6 nitrogen and oxygen atoms in total. The Morgan fingerprint density at radius 1 is 1.38 bits per heavy atom. The topological polar surface area (TPSA) is 76.8 Å². The molecule has 0 radical (unpaired) electrons. The van der Waals surface area contributed by atoms with Gasteiger partial charge in [0.15, 0.2) is 0 Å². The molecule has 0 unspecified atom stereocenters. The third kappa shape index (κ3) is 4.47. The fourth-order valence-corrected chi connectivity index (χ4v) is 2.99. The van der Waals surface area contributed by atoms with Gasteiger partial charge in [0.05, 0.1) is 5.56 Å². The van der Waals surface area contributed by atoms with E-state index in [2.05, 4.69) is 24.3 Å². The minimum atomic E-state index is -0.113. The maximum absolute atomic E-state index is 12.7. The van der Waals surface area contributed by atoms with Gasteiger partial charge in [-0.3, -0.25) is 4.79 Å². The van der Waals surface area contributed by atoms with E-state index in [4.69, 9.17) is 15.2 Å². The minimum absolute atomic E-state index is 0.0595. The Hall–Kier alpha value is -1.63. The Balaban J connectivity index is 2.09. The van der Waals surface area contributed by atoms with Crippen molar-refractivity contribution in [3.8, 4) is 5.75 Å². The lowest BCUT2D eigenvalue weighted by molar-refractivity contribution is -0.00659. The Labute approximate surface area is 144 Å². The number of carbonyl (C=O) groups is 1. The van der Waals surface area contributed by atoms with Crippen LogP contribution in [0, 0.1) is 6.92 Å². The van der Waals surface area contributed by atoms with Crippen LogP contribution < -0.4 is 15.8 Å². The van der Waals surface area contributed by atoms with Gasteiger partial charge in [-0.1, -0.05) is 11.6 Å². The quantitative estimate of drug-likeness (QED) is 0.782. The van der Waals surface area contributed by atoms with E-state index in [1.807, 2.05) is 25.1 Å². The fraction of sp³-hybridized carbons (Fsp3) is 0.611. The van der Waals surface area contributed by atoms with E-state index in [-0.39, 0.29) is 11.4 Å². The highest BCUT2D eigenvalue weighted by molar-refractivity contribution is 5.97. The Morgan fingerprint density at radius 2 is 2.08 bits per heavy atom. The first-order chi connectivity index (χ1) is 11.5. The van der Waals surface area contributed by atoms with Crippen molar-refractivity contribution in [3.05, 3.63) is 29.3 Å². The van der Waals surface area contributed by atoms with Gasteiger partial charge in [-0.15, -0.1) is 0 Å². The molecule has 0 bridgehead atoms. The van der Waals surface area contributed by atoms with Crippen molar-refractivity contribution in [1.82, 2.24) is 10.2 Å². The van der Waals surface area contributed by atoms with Crippen LogP contribution in [0.2, 0.25) is 0 Å². The van der Waals surface area contributed by atoms with Crippen LogP contribution in [0.5, 0.6) is 5.75 Å². The molecular weight excluding hydrogens is 306 g/mol. The second kappa shape index (κ2) is 8.46. The summed E-state index contributed by atoms with van der Waals surface area (Å²) in [7, 11) is 4.11. The zero-order valence-corrected chi connectivity index (χ0v) is 14.9. The summed E-state index contributed by atoms with van der Waals surface area (Å²) >= 11 is 0. The maximum Gasteiger partial charge on any atom is 0.255 e. The summed E-state index contributed by atoms with van der Waals surface area (Å²) in [4.78, 5) is 14.9. The van der Waals surface area contributed by atoms with Gasteiger partial charge < -0.3 is 25.4 Å². The Morgan fingerprint density at radius 3 is 2.71 bits per heavy atom. The summed E-state index contributed by atoms with van der Waals surface area (Å²) < 4.78 is 11.1. The fourth-order valence-electron chi connectivity index (χ4n) is 2.99. The van der Waals surface area contributed by atoms with Crippen molar-refractivity contribution < 1.29 is 14.3 Å². The van der Waals surface area contributed by atoms with E-state index >= 15 is 0 Å². The van der Waals surface area contributed by atoms with Gasteiger partial charge in [0.2, 0.25) is 0 Å². The first-order valence-electron chi connectivity index (χ1n) is 8.45. The van der Waals surface area contributed by atoms with Crippen molar-refractivity contribution in [3.63, 3.8) is 0 Å².